The van der Waals surface area contributed by atoms with Crippen LogP contribution in [0.25, 0.3) is 5.65 Å². The molecule has 1 aromatic carbocycles. The van der Waals surface area contributed by atoms with Gasteiger partial charge in [-0.1, -0.05) is 0 Å². The molecule has 0 unspecified atom stereocenters. The maximum atomic E-state index is 9.45. The number of fused-ring (bicyclic) bond motifs is 1. The SMILES string of the molecule is N#Cc1ccc(OCCN2CCOCC2)c(Nc2cc(NC3CC3)c3ncc(C#N)n3n2)c1. The summed E-state index contributed by atoms with van der Waals surface area (Å²) in [6, 6.07) is 11.8. The number of aromatic nitrogens is 3. The maximum absolute atomic E-state index is 9.45. The number of benzene rings is 1. The van der Waals surface area contributed by atoms with Crippen molar-refractivity contribution in [2.24, 2.45) is 0 Å². The molecule has 2 aliphatic rings. The second-order valence-corrected chi connectivity index (χ2v) is 8.10. The summed E-state index contributed by atoms with van der Waals surface area (Å²) < 4.78 is 13.0. The second kappa shape index (κ2) is 9.33. The maximum Gasteiger partial charge on any atom is 0.178 e. The van der Waals surface area contributed by atoms with Gasteiger partial charge in [0.05, 0.1) is 42.4 Å². The minimum absolute atomic E-state index is 0.347. The van der Waals surface area contributed by atoms with Crippen molar-refractivity contribution < 1.29 is 9.47 Å². The topological polar surface area (TPSA) is 124 Å². The Morgan fingerprint density at radius 3 is 2.73 bits per heavy atom. The van der Waals surface area contributed by atoms with Gasteiger partial charge in [-0.25, -0.2) is 4.98 Å². The van der Waals surface area contributed by atoms with Gasteiger partial charge in [0.1, 0.15) is 18.4 Å². The predicted molar refractivity (Wildman–Crippen MR) is 122 cm³/mol. The van der Waals surface area contributed by atoms with Crippen LogP contribution >= 0.6 is 0 Å². The van der Waals surface area contributed by atoms with Crippen LogP contribution in [0.15, 0.2) is 30.5 Å². The van der Waals surface area contributed by atoms with Gasteiger partial charge in [-0.3, -0.25) is 4.90 Å². The second-order valence-electron chi connectivity index (χ2n) is 8.10. The molecule has 3 aromatic rings. The molecule has 3 heterocycles. The van der Waals surface area contributed by atoms with Gasteiger partial charge >= 0.3 is 0 Å². The molecule has 5 rings (SSSR count). The standard InChI is InChI=1S/C23H24N8O2/c24-13-16-1-4-21(33-10-7-30-5-8-32-9-6-30)19(11-16)28-22-12-20(27-17-2-3-17)23-26-15-18(14-25)31(23)29-22/h1,4,11-12,15,17,27H,2-3,5-10H2,(H,28,29). The summed E-state index contributed by atoms with van der Waals surface area (Å²) in [5.74, 6) is 1.15. The quantitative estimate of drug-likeness (QED) is 0.539. The molecule has 168 valence electrons. The van der Waals surface area contributed by atoms with E-state index in [2.05, 4.69) is 37.8 Å². The third-order valence-electron chi connectivity index (χ3n) is 5.66. The van der Waals surface area contributed by atoms with Crippen molar-refractivity contribution in [3.05, 3.63) is 41.7 Å². The number of ether oxygens (including phenoxy) is 2. The van der Waals surface area contributed by atoms with Crippen molar-refractivity contribution in [1.29, 1.82) is 10.5 Å². The lowest BCUT2D eigenvalue weighted by Gasteiger charge is -2.26. The lowest BCUT2D eigenvalue weighted by molar-refractivity contribution is 0.0323. The Labute approximate surface area is 191 Å². The Kier molecular flexibility index (Phi) is 5.94. The Morgan fingerprint density at radius 1 is 1.12 bits per heavy atom. The van der Waals surface area contributed by atoms with Crippen molar-refractivity contribution in [2.75, 3.05) is 50.1 Å². The smallest absolute Gasteiger partial charge is 0.178 e. The molecule has 0 radical (unpaired) electrons. The minimum Gasteiger partial charge on any atom is -0.490 e. The largest absolute Gasteiger partial charge is 0.490 e. The van der Waals surface area contributed by atoms with Crippen LogP contribution in [0.5, 0.6) is 5.75 Å². The highest BCUT2D eigenvalue weighted by Gasteiger charge is 2.23. The van der Waals surface area contributed by atoms with Crippen LogP contribution in [0, 0.1) is 22.7 Å². The Balaban J connectivity index is 1.40. The molecule has 10 nitrogen and oxygen atoms in total. The van der Waals surface area contributed by atoms with E-state index in [0.29, 0.717) is 46.8 Å². The first kappa shape index (κ1) is 21.0. The Bertz CT molecular complexity index is 1230. The summed E-state index contributed by atoms with van der Waals surface area (Å²) >= 11 is 0. The van der Waals surface area contributed by atoms with E-state index in [4.69, 9.17) is 9.47 Å². The van der Waals surface area contributed by atoms with E-state index in [-0.39, 0.29) is 0 Å². The van der Waals surface area contributed by atoms with Crippen molar-refractivity contribution in [3.63, 3.8) is 0 Å². The van der Waals surface area contributed by atoms with E-state index >= 15 is 0 Å². The number of imidazole rings is 1. The van der Waals surface area contributed by atoms with Gasteiger partial charge in [0, 0.05) is 31.7 Å². The lowest BCUT2D eigenvalue weighted by atomic mass is 10.2. The molecule has 10 heteroatoms. The summed E-state index contributed by atoms with van der Waals surface area (Å²) in [6.07, 6.45) is 3.73. The summed E-state index contributed by atoms with van der Waals surface area (Å²) in [7, 11) is 0. The molecule has 1 saturated carbocycles. The van der Waals surface area contributed by atoms with Crippen molar-refractivity contribution in [3.8, 4) is 17.9 Å². The number of nitrogens with zero attached hydrogens (tertiary/aromatic N) is 6. The van der Waals surface area contributed by atoms with Crippen molar-refractivity contribution in [2.45, 2.75) is 18.9 Å². The zero-order chi connectivity index (χ0) is 22.6. The highest BCUT2D eigenvalue weighted by atomic mass is 16.5. The number of hydrogen-bond acceptors (Lipinski definition) is 9. The van der Waals surface area contributed by atoms with Gasteiger partial charge < -0.3 is 20.1 Å². The zero-order valence-electron chi connectivity index (χ0n) is 18.1. The summed E-state index contributed by atoms with van der Waals surface area (Å²) in [5, 5.41) is 30.1. The number of nitriles is 2. The summed E-state index contributed by atoms with van der Waals surface area (Å²) in [4.78, 5) is 6.65. The van der Waals surface area contributed by atoms with Crippen LogP contribution in [-0.4, -0.2) is 65.0 Å². The van der Waals surface area contributed by atoms with E-state index in [9.17, 15) is 10.5 Å². The van der Waals surface area contributed by atoms with E-state index in [1.807, 2.05) is 6.07 Å². The van der Waals surface area contributed by atoms with Crippen LogP contribution in [0.2, 0.25) is 0 Å². The molecule has 1 aliphatic heterocycles. The van der Waals surface area contributed by atoms with Crippen LogP contribution in [0.1, 0.15) is 24.1 Å². The molecule has 2 aromatic heterocycles. The van der Waals surface area contributed by atoms with Crippen LogP contribution in [0.3, 0.4) is 0 Å². The molecule has 1 aliphatic carbocycles. The monoisotopic (exact) mass is 444 g/mol. The van der Waals surface area contributed by atoms with E-state index in [1.165, 1.54) is 10.7 Å². The molecule has 2 fully saturated rings. The number of morpholine rings is 1. The van der Waals surface area contributed by atoms with Crippen LogP contribution in [-0.2, 0) is 4.74 Å². The predicted octanol–water partition coefficient (Wildman–Crippen LogP) is 2.50. The molecule has 0 atom stereocenters. The Morgan fingerprint density at radius 2 is 1.97 bits per heavy atom. The zero-order valence-corrected chi connectivity index (χ0v) is 18.1. The molecule has 33 heavy (non-hydrogen) atoms. The molecule has 0 spiro atoms. The Hall–Kier alpha value is -3.86. The first-order chi connectivity index (χ1) is 16.2. The van der Waals surface area contributed by atoms with E-state index in [0.717, 1.165) is 51.4 Å². The lowest BCUT2D eigenvalue weighted by Crippen LogP contribution is -2.38. The average Bonchev–Trinajstić information content (AvgIpc) is 3.56. The van der Waals surface area contributed by atoms with E-state index < -0.39 is 0 Å². The molecule has 0 amide bonds. The fourth-order valence-corrected chi connectivity index (χ4v) is 3.73. The van der Waals surface area contributed by atoms with Crippen molar-refractivity contribution in [1.82, 2.24) is 19.5 Å². The van der Waals surface area contributed by atoms with Crippen LogP contribution in [0.4, 0.5) is 17.2 Å². The summed E-state index contributed by atoms with van der Waals surface area (Å²) in [5.41, 5.74) is 2.91. The van der Waals surface area contributed by atoms with Gasteiger partial charge in [-0.05, 0) is 31.0 Å². The average molecular weight is 444 g/mol. The minimum atomic E-state index is 0.347. The molecule has 2 N–H and O–H groups in total. The number of hydrogen-bond donors (Lipinski definition) is 2. The van der Waals surface area contributed by atoms with Gasteiger partial charge in [0.15, 0.2) is 17.2 Å². The van der Waals surface area contributed by atoms with Crippen molar-refractivity contribution >= 4 is 22.8 Å². The fourth-order valence-electron chi connectivity index (χ4n) is 3.73. The highest BCUT2D eigenvalue weighted by Crippen LogP contribution is 2.32. The molecule has 0 bridgehead atoms. The fraction of sp³-hybridized carbons (Fsp3) is 0.391. The summed E-state index contributed by atoms with van der Waals surface area (Å²) in [6.45, 7) is 4.59. The van der Waals surface area contributed by atoms with Gasteiger partial charge in [0.2, 0.25) is 0 Å². The first-order valence-corrected chi connectivity index (χ1v) is 11.0. The third kappa shape index (κ3) is 4.82. The van der Waals surface area contributed by atoms with E-state index in [1.54, 1.807) is 18.2 Å². The van der Waals surface area contributed by atoms with Gasteiger partial charge in [-0.2, -0.15) is 15.0 Å². The van der Waals surface area contributed by atoms with Gasteiger partial charge in [0.25, 0.3) is 0 Å². The number of nitrogens with one attached hydrogen (secondary N) is 2. The van der Waals surface area contributed by atoms with Gasteiger partial charge in [-0.15, -0.1) is 5.10 Å². The molecule has 1 saturated heterocycles. The molecular formula is C23H24N8O2. The molecular weight excluding hydrogens is 420 g/mol. The number of rotatable bonds is 8. The van der Waals surface area contributed by atoms with Crippen LogP contribution < -0.4 is 15.4 Å². The number of anilines is 3. The first-order valence-electron chi connectivity index (χ1n) is 11.0. The third-order valence-corrected chi connectivity index (χ3v) is 5.66. The normalized spacial score (nSPS) is 16.2. The highest BCUT2D eigenvalue weighted by molar-refractivity contribution is 5.75.